The number of hydrogen-bond acceptors (Lipinski definition) is 3. The number of carbonyl (C=O) groups excluding carboxylic acids is 1. The van der Waals surface area contributed by atoms with Gasteiger partial charge in [0.25, 0.3) is 5.91 Å². The van der Waals surface area contributed by atoms with Crippen LogP contribution in [0.5, 0.6) is 5.75 Å². The van der Waals surface area contributed by atoms with Gasteiger partial charge in [0.05, 0.1) is 7.11 Å². The van der Waals surface area contributed by atoms with E-state index in [-0.39, 0.29) is 17.9 Å². The summed E-state index contributed by atoms with van der Waals surface area (Å²) in [5, 5.41) is 12.2. The van der Waals surface area contributed by atoms with E-state index in [9.17, 15) is 9.90 Å². The summed E-state index contributed by atoms with van der Waals surface area (Å²) in [5.74, 6) is 0.647. The zero-order chi connectivity index (χ0) is 18.3. The van der Waals surface area contributed by atoms with Gasteiger partial charge >= 0.3 is 0 Å². The topological polar surface area (TPSA) is 58.6 Å². The molecule has 0 radical (unpaired) electrons. The molecule has 0 spiro atoms. The maximum atomic E-state index is 12.4. The minimum Gasteiger partial charge on any atom is -0.496 e. The van der Waals surface area contributed by atoms with Gasteiger partial charge in [-0.2, -0.15) is 0 Å². The number of amides is 1. The number of ether oxygens (including phenoxy) is 1. The number of aliphatic hydroxyl groups is 1. The van der Waals surface area contributed by atoms with Crippen LogP contribution >= 0.6 is 0 Å². The first-order chi connectivity index (χ1) is 12.0. The van der Waals surface area contributed by atoms with E-state index in [2.05, 4.69) is 5.32 Å². The molecule has 2 rings (SSSR count). The summed E-state index contributed by atoms with van der Waals surface area (Å²) in [7, 11) is 1.63. The summed E-state index contributed by atoms with van der Waals surface area (Å²) in [6.45, 7) is 4.78. The Morgan fingerprint density at radius 1 is 1.16 bits per heavy atom. The standard InChI is InChI=1S/C21H27NO3/c1-21(2,15-23)12-7-13-22-20(24)17-10-11-19(25-3)18(14-17)16-8-5-4-6-9-16/h4-6,8-11,14,23H,7,12-13,15H2,1-3H3,(H,22,24). The van der Waals surface area contributed by atoms with Crippen molar-refractivity contribution in [2.24, 2.45) is 5.41 Å². The van der Waals surface area contributed by atoms with Crippen LogP contribution in [-0.2, 0) is 0 Å². The molecule has 0 unspecified atom stereocenters. The second-order valence-corrected chi connectivity index (χ2v) is 6.96. The van der Waals surface area contributed by atoms with Crippen LogP contribution < -0.4 is 10.1 Å². The van der Waals surface area contributed by atoms with E-state index < -0.39 is 0 Å². The van der Waals surface area contributed by atoms with Crippen LogP contribution in [0.2, 0.25) is 0 Å². The van der Waals surface area contributed by atoms with Gasteiger partial charge in [0.1, 0.15) is 5.75 Å². The third-order valence-corrected chi connectivity index (χ3v) is 4.29. The second-order valence-electron chi connectivity index (χ2n) is 6.96. The zero-order valence-electron chi connectivity index (χ0n) is 15.2. The number of methoxy groups -OCH3 is 1. The van der Waals surface area contributed by atoms with Crippen molar-refractivity contribution in [2.45, 2.75) is 26.7 Å². The Balaban J connectivity index is 2.05. The molecule has 134 valence electrons. The van der Waals surface area contributed by atoms with Crippen LogP contribution in [0.15, 0.2) is 48.5 Å². The Bertz CT molecular complexity index is 696. The molecule has 2 N–H and O–H groups in total. The van der Waals surface area contributed by atoms with Gasteiger partial charge in [-0.25, -0.2) is 0 Å². The minimum atomic E-state index is -0.106. The number of aliphatic hydroxyl groups excluding tert-OH is 1. The largest absolute Gasteiger partial charge is 0.496 e. The molecule has 0 aromatic heterocycles. The fourth-order valence-corrected chi connectivity index (χ4v) is 2.64. The van der Waals surface area contributed by atoms with Crippen LogP contribution in [-0.4, -0.2) is 31.3 Å². The number of rotatable bonds is 8. The molecule has 0 aliphatic rings. The molecule has 2 aromatic carbocycles. The Hall–Kier alpha value is -2.33. The lowest BCUT2D eigenvalue weighted by Crippen LogP contribution is -2.26. The Morgan fingerprint density at radius 3 is 2.52 bits per heavy atom. The van der Waals surface area contributed by atoms with Crippen LogP contribution in [0.3, 0.4) is 0 Å². The highest BCUT2D eigenvalue weighted by atomic mass is 16.5. The predicted molar refractivity (Wildman–Crippen MR) is 101 cm³/mol. The van der Waals surface area contributed by atoms with Gasteiger partial charge in [-0.15, -0.1) is 0 Å². The number of hydrogen-bond donors (Lipinski definition) is 2. The summed E-state index contributed by atoms with van der Waals surface area (Å²) < 4.78 is 5.43. The van der Waals surface area contributed by atoms with Gasteiger partial charge in [-0.1, -0.05) is 44.2 Å². The number of carbonyl (C=O) groups is 1. The maximum Gasteiger partial charge on any atom is 0.251 e. The molecular weight excluding hydrogens is 314 g/mol. The number of benzene rings is 2. The van der Waals surface area contributed by atoms with Gasteiger partial charge in [-0.3, -0.25) is 4.79 Å². The van der Waals surface area contributed by atoms with Crippen molar-refractivity contribution in [3.63, 3.8) is 0 Å². The highest BCUT2D eigenvalue weighted by molar-refractivity contribution is 5.96. The van der Waals surface area contributed by atoms with E-state index in [0.29, 0.717) is 12.1 Å². The van der Waals surface area contributed by atoms with Crippen LogP contribution in [0.25, 0.3) is 11.1 Å². The van der Waals surface area contributed by atoms with Crippen molar-refractivity contribution in [1.82, 2.24) is 5.32 Å². The summed E-state index contributed by atoms with van der Waals surface area (Å²) in [6.07, 6.45) is 1.70. The van der Waals surface area contributed by atoms with E-state index in [1.165, 1.54) is 0 Å². The van der Waals surface area contributed by atoms with E-state index in [1.807, 2.05) is 56.3 Å². The Morgan fingerprint density at radius 2 is 1.88 bits per heavy atom. The molecule has 0 saturated heterocycles. The molecule has 0 bridgehead atoms. The average molecular weight is 341 g/mol. The van der Waals surface area contributed by atoms with Crippen molar-refractivity contribution in [3.05, 3.63) is 54.1 Å². The van der Waals surface area contributed by atoms with E-state index >= 15 is 0 Å². The summed E-state index contributed by atoms with van der Waals surface area (Å²) in [6, 6.07) is 15.3. The highest BCUT2D eigenvalue weighted by Crippen LogP contribution is 2.30. The molecule has 4 nitrogen and oxygen atoms in total. The average Bonchev–Trinajstić information content (AvgIpc) is 2.65. The van der Waals surface area contributed by atoms with Crippen LogP contribution in [0.4, 0.5) is 0 Å². The third-order valence-electron chi connectivity index (χ3n) is 4.29. The summed E-state index contributed by atoms with van der Waals surface area (Å²) in [5.41, 5.74) is 2.42. The first kappa shape index (κ1) is 19.0. The third kappa shape index (κ3) is 5.33. The molecule has 2 aromatic rings. The van der Waals surface area contributed by atoms with Gasteiger partial charge in [-0.05, 0) is 42.0 Å². The predicted octanol–water partition coefficient (Wildman–Crippen LogP) is 3.89. The fourth-order valence-electron chi connectivity index (χ4n) is 2.64. The molecule has 25 heavy (non-hydrogen) atoms. The first-order valence-corrected chi connectivity index (χ1v) is 8.59. The van der Waals surface area contributed by atoms with Gasteiger partial charge in [0.15, 0.2) is 0 Å². The molecule has 0 atom stereocenters. The SMILES string of the molecule is COc1ccc(C(=O)NCCCC(C)(C)CO)cc1-c1ccccc1. The molecule has 0 aliphatic heterocycles. The maximum absolute atomic E-state index is 12.4. The van der Waals surface area contributed by atoms with E-state index in [0.717, 1.165) is 29.7 Å². The molecule has 1 amide bonds. The summed E-state index contributed by atoms with van der Waals surface area (Å²) >= 11 is 0. The molecule has 0 aliphatic carbocycles. The number of nitrogens with one attached hydrogen (secondary N) is 1. The monoisotopic (exact) mass is 341 g/mol. The smallest absolute Gasteiger partial charge is 0.251 e. The van der Waals surface area contributed by atoms with Gasteiger partial charge in [0.2, 0.25) is 0 Å². The Kier molecular flexibility index (Phi) is 6.59. The van der Waals surface area contributed by atoms with Crippen molar-refractivity contribution < 1.29 is 14.6 Å². The van der Waals surface area contributed by atoms with E-state index in [4.69, 9.17) is 4.74 Å². The quantitative estimate of drug-likeness (QED) is 0.716. The Labute approximate surface area is 149 Å². The molecular formula is C21H27NO3. The van der Waals surface area contributed by atoms with Crippen molar-refractivity contribution in [3.8, 4) is 16.9 Å². The normalized spacial score (nSPS) is 11.2. The van der Waals surface area contributed by atoms with E-state index in [1.54, 1.807) is 13.2 Å². The molecule has 0 fully saturated rings. The zero-order valence-corrected chi connectivity index (χ0v) is 15.2. The first-order valence-electron chi connectivity index (χ1n) is 8.59. The van der Waals surface area contributed by atoms with Gasteiger partial charge < -0.3 is 15.2 Å². The van der Waals surface area contributed by atoms with Gasteiger partial charge in [0, 0.05) is 24.3 Å². The van der Waals surface area contributed by atoms with Crippen LogP contribution in [0.1, 0.15) is 37.0 Å². The summed E-state index contributed by atoms with van der Waals surface area (Å²) in [4.78, 5) is 12.4. The lowest BCUT2D eigenvalue weighted by molar-refractivity contribution is 0.0948. The lowest BCUT2D eigenvalue weighted by atomic mass is 9.89. The van der Waals surface area contributed by atoms with Crippen molar-refractivity contribution >= 4 is 5.91 Å². The second kappa shape index (κ2) is 8.67. The molecule has 4 heteroatoms. The minimum absolute atomic E-state index is 0.0957. The van der Waals surface area contributed by atoms with Crippen molar-refractivity contribution in [1.29, 1.82) is 0 Å². The molecule has 0 saturated carbocycles. The van der Waals surface area contributed by atoms with Crippen molar-refractivity contribution in [2.75, 3.05) is 20.3 Å². The molecule has 0 heterocycles. The lowest BCUT2D eigenvalue weighted by Gasteiger charge is -2.21. The van der Waals surface area contributed by atoms with Crippen LogP contribution in [0, 0.1) is 5.41 Å². The fraction of sp³-hybridized carbons (Fsp3) is 0.381. The highest BCUT2D eigenvalue weighted by Gasteiger charge is 2.16.